The van der Waals surface area contributed by atoms with Crippen LogP contribution in [0.2, 0.25) is 0 Å². The largest absolute Gasteiger partial charge is 0.315 e. The van der Waals surface area contributed by atoms with Crippen LogP contribution in [0.4, 0.5) is 4.39 Å². The van der Waals surface area contributed by atoms with Crippen molar-refractivity contribution >= 4 is 11.8 Å². The van der Waals surface area contributed by atoms with Crippen LogP contribution in [0.15, 0.2) is 24.3 Å². The van der Waals surface area contributed by atoms with Crippen molar-refractivity contribution in [1.29, 1.82) is 0 Å². The van der Waals surface area contributed by atoms with Crippen LogP contribution in [0.3, 0.4) is 0 Å². The van der Waals surface area contributed by atoms with Crippen molar-refractivity contribution in [2.45, 2.75) is 11.3 Å². The zero-order chi connectivity index (χ0) is 9.26. The normalized spacial score (nSPS) is 26.9. The van der Waals surface area contributed by atoms with Crippen molar-refractivity contribution < 1.29 is 4.39 Å². The molecular weight excluding hydrogens is 185 g/mol. The van der Waals surface area contributed by atoms with Gasteiger partial charge in [-0.15, -0.1) is 0 Å². The van der Waals surface area contributed by atoms with E-state index in [9.17, 15) is 4.39 Å². The Morgan fingerprint density at radius 2 is 2.08 bits per heavy atom. The summed E-state index contributed by atoms with van der Waals surface area (Å²) < 4.78 is 12.6. The second kappa shape index (κ2) is 3.68. The summed E-state index contributed by atoms with van der Waals surface area (Å²) in [6.45, 7) is 0. The Balaban J connectivity index is 2.12. The third kappa shape index (κ3) is 1.71. The predicted molar refractivity (Wildman–Crippen MR) is 54.4 cm³/mol. The van der Waals surface area contributed by atoms with Gasteiger partial charge in [0.05, 0.1) is 0 Å². The van der Waals surface area contributed by atoms with E-state index in [1.165, 1.54) is 17.7 Å². The van der Waals surface area contributed by atoms with Gasteiger partial charge in [0.15, 0.2) is 0 Å². The number of rotatable bonds is 2. The summed E-state index contributed by atoms with van der Waals surface area (Å²) in [5, 5.41) is 3.76. The quantitative estimate of drug-likeness (QED) is 0.780. The van der Waals surface area contributed by atoms with Crippen LogP contribution in [0.5, 0.6) is 0 Å². The van der Waals surface area contributed by atoms with Crippen molar-refractivity contribution in [2.75, 3.05) is 12.8 Å². The first kappa shape index (κ1) is 9.03. The van der Waals surface area contributed by atoms with Crippen molar-refractivity contribution in [2.24, 2.45) is 0 Å². The van der Waals surface area contributed by atoms with Crippen molar-refractivity contribution in [3.8, 4) is 0 Å². The van der Waals surface area contributed by atoms with Crippen LogP contribution in [0.1, 0.15) is 10.8 Å². The van der Waals surface area contributed by atoms with Gasteiger partial charge in [-0.1, -0.05) is 12.1 Å². The van der Waals surface area contributed by atoms with E-state index in [0.29, 0.717) is 11.3 Å². The van der Waals surface area contributed by atoms with E-state index in [2.05, 4.69) is 5.32 Å². The first-order chi connectivity index (χ1) is 6.31. The maximum atomic E-state index is 12.6. The van der Waals surface area contributed by atoms with Gasteiger partial charge < -0.3 is 5.32 Å². The number of nitrogens with one attached hydrogen (secondary N) is 1. The lowest BCUT2D eigenvalue weighted by Crippen LogP contribution is -2.40. The van der Waals surface area contributed by atoms with E-state index in [4.69, 9.17) is 0 Å². The van der Waals surface area contributed by atoms with Gasteiger partial charge in [0.25, 0.3) is 0 Å². The van der Waals surface area contributed by atoms with Gasteiger partial charge in [0, 0.05) is 17.0 Å². The zero-order valence-electron chi connectivity index (χ0n) is 7.46. The Kier molecular flexibility index (Phi) is 2.56. The van der Waals surface area contributed by atoms with E-state index in [1.54, 1.807) is 0 Å². The Morgan fingerprint density at radius 3 is 2.54 bits per heavy atom. The van der Waals surface area contributed by atoms with Gasteiger partial charge >= 0.3 is 0 Å². The highest BCUT2D eigenvalue weighted by Crippen LogP contribution is 2.42. The van der Waals surface area contributed by atoms with Gasteiger partial charge in [-0.3, -0.25) is 0 Å². The number of halogens is 1. The average Bonchev–Trinajstić information content (AvgIpc) is 2.08. The molecule has 1 saturated heterocycles. The molecule has 1 aromatic carbocycles. The minimum atomic E-state index is -0.158. The molecule has 0 spiro atoms. The van der Waals surface area contributed by atoms with E-state index >= 15 is 0 Å². The molecule has 2 unspecified atom stereocenters. The van der Waals surface area contributed by atoms with Crippen LogP contribution < -0.4 is 5.32 Å². The van der Waals surface area contributed by atoms with Gasteiger partial charge in [-0.05, 0) is 24.7 Å². The molecule has 0 amide bonds. The smallest absolute Gasteiger partial charge is 0.123 e. The fraction of sp³-hybridized carbons (Fsp3) is 0.400. The molecule has 1 aromatic rings. The predicted octanol–water partition coefficient (Wildman–Crippen LogP) is 2.20. The maximum absolute atomic E-state index is 12.6. The summed E-state index contributed by atoms with van der Waals surface area (Å²) in [6, 6.07) is 7.35. The lowest BCUT2D eigenvalue weighted by molar-refractivity contribution is 0.570. The maximum Gasteiger partial charge on any atom is 0.123 e. The molecular formula is C10H12FNS. The van der Waals surface area contributed by atoms with Gasteiger partial charge in [-0.25, -0.2) is 4.39 Å². The molecule has 0 saturated carbocycles. The summed E-state index contributed by atoms with van der Waals surface area (Å²) in [5.41, 5.74) is 1.22. The minimum absolute atomic E-state index is 0.158. The summed E-state index contributed by atoms with van der Waals surface area (Å²) >= 11 is 1.91. The number of hydrogen-bond donors (Lipinski definition) is 1. The third-order valence-corrected chi connectivity index (χ3v) is 3.90. The molecule has 0 radical (unpaired) electrons. The van der Waals surface area contributed by atoms with Crippen LogP contribution >= 0.6 is 11.8 Å². The first-order valence-corrected chi connectivity index (χ1v) is 5.40. The molecule has 0 aliphatic carbocycles. The van der Waals surface area contributed by atoms with Crippen LogP contribution in [0.25, 0.3) is 0 Å². The Hall–Kier alpha value is -0.540. The van der Waals surface area contributed by atoms with Crippen molar-refractivity contribution in [1.82, 2.24) is 5.32 Å². The Morgan fingerprint density at radius 1 is 1.38 bits per heavy atom. The second-order valence-corrected chi connectivity index (χ2v) is 4.38. The highest BCUT2D eigenvalue weighted by molar-refractivity contribution is 8.01. The Bertz CT molecular complexity index is 283. The summed E-state index contributed by atoms with van der Waals surface area (Å²) in [5.74, 6) is 0.993. The Labute approximate surface area is 81.7 Å². The molecule has 1 N–H and O–H groups in total. The molecule has 70 valence electrons. The summed E-state index contributed by atoms with van der Waals surface area (Å²) in [4.78, 5) is 0. The van der Waals surface area contributed by atoms with Crippen LogP contribution in [0, 0.1) is 5.82 Å². The molecule has 1 fully saturated rings. The highest BCUT2D eigenvalue weighted by atomic mass is 32.2. The molecule has 0 aromatic heterocycles. The van der Waals surface area contributed by atoms with E-state index < -0.39 is 0 Å². The van der Waals surface area contributed by atoms with E-state index in [0.717, 1.165) is 5.75 Å². The highest BCUT2D eigenvalue weighted by Gasteiger charge is 2.31. The zero-order valence-corrected chi connectivity index (χ0v) is 8.27. The standard InChI is InChI=1S/C10H12FNS/c1-12-9-6-13-10(9)7-2-4-8(11)5-3-7/h2-5,9-10,12H,6H2,1H3. The first-order valence-electron chi connectivity index (χ1n) is 4.35. The summed E-state index contributed by atoms with van der Waals surface area (Å²) in [7, 11) is 1.97. The van der Waals surface area contributed by atoms with Gasteiger partial charge in [-0.2, -0.15) is 11.8 Å². The minimum Gasteiger partial charge on any atom is -0.315 e. The average molecular weight is 197 g/mol. The molecule has 2 rings (SSSR count). The number of benzene rings is 1. The van der Waals surface area contributed by atoms with Crippen molar-refractivity contribution in [3.05, 3.63) is 35.6 Å². The van der Waals surface area contributed by atoms with Crippen LogP contribution in [-0.4, -0.2) is 18.8 Å². The lowest BCUT2D eigenvalue weighted by atomic mass is 10.1. The van der Waals surface area contributed by atoms with Crippen molar-refractivity contribution in [3.63, 3.8) is 0 Å². The fourth-order valence-electron chi connectivity index (χ4n) is 1.50. The van der Waals surface area contributed by atoms with E-state index in [1.807, 2.05) is 30.9 Å². The molecule has 1 aliphatic heterocycles. The molecule has 0 bridgehead atoms. The molecule has 2 atom stereocenters. The molecule has 13 heavy (non-hydrogen) atoms. The molecule has 3 heteroatoms. The second-order valence-electron chi connectivity index (χ2n) is 3.20. The number of hydrogen-bond acceptors (Lipinski definition) is 2. The summed E-state index contributed by atoms with van der Waals surface area (Å²) in [6.07, 6.45) is 0. The topological polar surface area (TPSA) is 12.0 Å². The van der Waals surface area contributed by atoms with Gasteiger partial charge in [0.2, 0.25) is 0 Å². The lowest BCUT2D eigenvalue weighted by Gasteiger charge is -2.36. The van der Waals surface area contributed by atoms with Gasteiger partial charge in [0.1, 0.15) is 5.82 Å². The monoisotopic (exact) mass is 197 g/mol. The fourth-order valence-corrected chi connectivity index (χ4v) is 2.73. The number of thioether (sulfide) groups is 1. The SMILES string of the molecule is CNC1CSC1c1ccc(F)cc1. The van der Waals surface area contributed by atoms with E-state index in [-0.39, 0.29) is 5.82 Å². The molecule has 1 aliphatic rings. The third-order valence-electron chi connectivity index (χ3n) is 2.39. The molecule has 1 heterocycles. The molecule has 1 nitrogen and oxygen atoms in total. The number of likely N-dealkylation sites (N-methyl/N-ethyl adjacent to an activating group) is 1. The van der Waals surface area contributed by atoms with Crippen LogP contribution in [-0.2, 0) is 0 Å².